The molecule has 0 atom stereocenters. The molecule has 1 aromatic heterocycles. The van der Waals surface area contributed by atoms with Crippen LogP contribution in [0.5, 0.6) is 0 Å². The first-order valence-electron chi connectivity index (χ1n) is 5.83. The third-order valence-electron chi connectivity index (χ3n) is 2.42. The number of hydrogen-bond donors (Lipinski definition) is 2. The van der Waals surface area contributed by atoms with E-state index in [1.165, 1.54) is 0 Å². The van der Waals surface area contributed by atoms with E-state index in [0.717, 1.165) is 22.0 Å². The van der Waals surface area contributed by atoms with Crippen LogP contribution in [0.25, 0.3) is 0 Å². The van der Waals surface area contributed by atoms with Crippen molar-refractivity contribution in [1.82, 2.24) is 4.98 Å². The number of rotatable bonds is 5. The standard InChI is InChI=1S/C13H14BrN3O2S/c1-20(18,19)17-13-4-2-3-12(6-13)16-8-10-5-11(14)9-15-7-10/h2-7,9,16-17H,8H2,1H3. The van der Waals surface area contributed by atoms with E-state index < -0.39 is 10.0 Å². The van der Waals surface area contributed by atoms with E-state index in [4.69, 9.17) is 0 Å². The SMILES string of the molecule is CS(=O)(=O)Nc1cccc(NCc2cncc(Br)c2)c1. The van der Waals surface area contributed by atoms with Gasteiger partial charge in [-0.1, -0.05) is 6.07 Å². The van der Waals surface area contributed by atoms with Crippen LogP contribution in [0.4, 0.5) is 11.4 Å². The molecule has 0 aliphatic rings. The van der Waals surface area contributed by atoms with E-state index in [1.54, 1.807) is 30.6 Å². The number of hydrogen-bond acceptors (Lipinski definition) is 4. The van der Waals surface area contributed by atoms with E-state index in [-0.39, 0.29) is 0 Å². The molecule has 0 bridgehead atoms. The lowest BCUT2D eigenvalue weighted by molar-refractivity contribution is 0.607. The van der Waals surface area contributed by atoms with Crippen molar-refractivity contribution in [3.8, 4) is 0 Å². The molecule has 0 unspecified atom stereocenters. The van der Waals surface area contributed by atoms with Crippen LogP contribution in [-0.2, 0) is 16.6 Å². The highest BCUT2D eigenvalue weighted by molar-refractivity contribution is 9.10. The monoisotopic (exact) mass is 355 g/mol. The highest BCUT2D eigenvalue weighted by Gasteiger charge is 2.02. The quantitative estimate of drug-likeness (QED) is 0.864. The molecule has 20 heavy (non-hydrogen) atoms. The Morgan fingerprint density at radius 2 is 1.95 bits per heavy atom. The Hall–Kier alpha value is -1.60. The Balaban J connectivity index is 2.05. The molecule has 2 aromatic rings. The van der Waals surface area contributed by atoms with E-state index >= 15 is 0 Å². The molecule has 0 fully saturated rings. The van der Waals surface area contributed by atoms with Crippen molar-refractivity contribution in [2.45, 2.75) is 6.54 Å². The van der Waals surface area contributed by atoms with Gasteiger partial charge in [0.25, 0.3) is 0 Å². The van der Waals surface area contributed by atoms with Gasteiger partial charge in [-0.05, 0) is 45.8 Å². The lowest BCUT2D eigenvalue weighted by Gasteiger charge is -2.09. The van der Waals surface area contributed by atoms with E-state index in [1.807, 2.05) is 12.1 Å². The second kappa shape index (κ2) is 6.23. The molecule has 0 amide bonds. The summed E-state index contributed by atoms with van der Waals surface area (Å²) in [5.41, 5.74) is 2.39. The Kier molecular flexibility index (Phi) is 4.61. The minimum atomic E-state index is -3.26. The molecule has 7 heteroatoms. The van der Waals surface area contributed by atoms with Crippen molar-refractivity contribution in [3.63, 3.8) is 0 Å². The summed E-state index contributed by atoms with van der Waals surface area (Å²) < 4.78 is 25.7. The van der Waals surface area contributed by atoms with Gasteiger partial charge in [-0.15, -0.1) is 0 Å². The van der Waals surface area contributed by atoms with E-state index in [0.29, 0.717) is 12.2 Å². The molecule has 0 radical (unpaired) electrons. The van der Waals surface area contributed by atoms with Gasteiger partial charge in [-0.3, -0.25) is 9.71 Å². The zero-order chi connectivity index (χ0) is 14.6. The molecule has 5 nitrogen and oxygen atoms in total. The first-order valence-corrected chi connectivity index (χ1v) is 8.52. The number of nitrogens with zero attached hydrogens (tertiary/aromatic N) is 1. The van der Waals surface area contributed by atoms with Gasteiger partial charge in [0.1, 0.15) is 0 Å². The summed E-state index contributed by atoms with van der Waals surface area (Å²) in [5, 5.41) is 3.22. The highest BCUT2D eigenvalue weighted by atomic mass is 79.9. The van der Waals surface area contributed by atoms with Crippen LogP contribution in [0, 0.1) is 0 Å². The topological polar surface area (TPSA) is 71.1 Å². The molecule has 2 N–H and O–H groups in total. The number of aromatic nitrogens is 1. The summed E-state index contributed by atoms with van der Waals surface area (Å²) >= 11 is 3.37. The number of sulfonamides is 1. The van der Waals surface area contributed by atoms with Gasteiger partial charge in [0, 0.05) is 29.1 Å². The van der Waals surface area contributed by atoms with Crippen LogP contribution >= 0.6 is 15.9 Å². The average molecular weight is 356 g/mol. The average Bonchev–Trinajstić information content (AvgIpc) is 2.35. The minimum Gasteiger partial charge on any atom is -0.381 e. The highest BCUT2D eigenvalue weighted by Crippen LogP contribution is 2.17. The minimum absolute atomic E-state index is 0.532. The fourth-order valence-corrected chi connectivity index (χ4v) is 2.63. The molecule has 1 aromatic carbocycles. The summed E-state index contributed by atoms with van der Waals surface area (Å²) in [6, 6.07) is 9.08. The van der Waals surface area contributed by atoms with Gasteiger partial charge in [-0.2, -0.15) is 0 Å². The molecule has 0 saturated heterocycles. The van der Waals surface area contributed by atoms with Gasteiger partial charge in [-0.25, -0.2) is 8.42 Å². The molecule has 106 valence electrons. The number of pyridine rings is 1. The summed E-state index contributed by atoms with van der Waals surface area (Å²) in [4.78, 5) is 4.08. The Labute approximate surface area is 126 Å². The predicted octanol–water partition coefficient (Wildman–Crippen LogP) is 2.83. The Morgan fingerprint density at radius 3 is 2.65 bits per heavy atom. The van der Waals surface area contributed by atoms with Crippen molar-refractivity contribution in [3.05, 3.63) is 52.8 Å². The second-order valence-electron chi connectivity index (χ2n) is 4.32. The third kappa shape index (κ3) is 4.82. The molecule has 2 rings (SSSR count). The molecular formula is C13H14BrN3O2S. The Bertz CT molecular complexity index is 704. The van der Waals surface area contributed by atoms with Crippen LogP contribution in [0.3, 0.4) is 0 Å². The summed E-state index contributed by atoms with van der Waals surface area (Å²) in [7, 11) is -3.26. The maximum atomic E-state index is 11.2. The molecular weight excluding hydrogens is 342 g/mol. The zero-order valence-electron chi connectivity index (χ0n) is 10.8. The Morgan fingerprint density at radius 1 is 1.20 bits per heavy atom. The van der Waals surface area contributed by atoms with E-state index in [2.05, 4.69) is 31.0 Å². The maximum absolute atomic E-state index is 11.2. The second-order valence-corrected chi connectivity index (χ2v) is 6.98. The van der Waals surface area contributed by atoms with Crippen molar-refractivity contribution >= 4 is 37.3 Å². The summed E-state index contributed by atoms with van der Waals surface area (Å²) in [6.45, 7) is 0.606. The number of benzene rings is 1. The van der Waals surface area contributed by atoms with E-state index in [9.17, 15) is 8.42 Å². The van der Waals surface area contributed by atoms with Gasteiger partial charge >= 0.3 is 0 Å². The summed E-state index contributed by atoms with van der Waals surface area (Å²) in [5.74, 6) is 0. The van der Waals surface area contributed by atoms with Crippen LogP contribution in [0.15, 0.2) is 47.2 Å². The molecule has 0 aliphatic heterocycles. The van der Waals surface area contributed by atoms with Crippen LogP contribution in [-0.4, -0.2) is 19.7 Å². The van der Waals surface area contributed by atoms with Crippen LogP contribution in [0.2, 0.25) is 0 Å². The zero-order valence-corrected chi connectivity index (χ0v) is 13.2. The van der Waals surface area contributed by atoms with Crippen molar-refractivity contribution in [1.29, 1.82) is 0 Å². The molecule has 0 aliphatic carbocycles. The number of nitrogens with one attached hydrogen (secondary N) is 2. The van der Waals surface area contributed by atoms with Gasteiger partial charge < -0.3 is 5.32 Å². The predicted molar refractivity (Wildman–Crippen MR) is 84.2 cm³/mol. The fraction of sp³-hybridized carbons (Fsp3) is 0.154. The number of halogens is 1. The molecule has 0 spiro atoms. The lowest BCUT2D eigenvalue weighted by Crippen LogP contribution is -2.09. The van der Waals surface area contributed by atoms with Gasteiger partial charge in [0.05, 0.1) is 11.9 Å². The van der Waals surface area contributed by atoms with Crippen molar-refractivity contribution in [2.75, 3.05) is 16.3 Å². The first-order chi connectivity index (χ1) is 9.42. The third-order valence-corrected chi connectivity index (χ3v) is 3.46. The maximum Gasteiger partial charge on any atom is 0.229 e. The smallest absolute Gasteiger partial charge is 0.229 e. The van der Waals surface area contributed by atoms with Crippen LogP contribution < -0.4 is 10.0 Å². The molecule has 0 saturated carbocycles. The van der Waals surface area contributed by atoms with Crippen molar-refractivity contribution < 1.29 is 8.42 Å². The van der Waals surface area contributed by atoms with Gasteiger partial charge in [0.15, 0.2) is 0 Å². The first kappa shape index (κ1) is 14.8. The largest absolute Gasteiger partial charge is 0.381 e. The van der Waals surface area contributed by atoms with Gasteiger partial charge in [0.2, 0.25) is 10.0 Å². The summed E-state index contributed by atoms with van der Waals surface area (Å²) in [6.07, 6.45) is 4.62. The normalized spacial score (nSPS) is 11.1. The van der Waals surface area contributed by atoms with Crippen LogP contribution in [0.1, 0.15) is 5.56 Å². The fourth-order valence-electron chi connectivity index (χ4n) is 1.66. The lowest BCUT2D eigenvalue weighted by atomic mass is 10.2. The number of anilines is 2. The molecule has 1 heterocycles. The van der Waals surface area contributed by atoms with Crippen molar-refractivity contribution in [2.24, 2.45) is 0 Å².